The number of carbonyl (C=O) groups is 1. The molecule has 2 aromatic carbocycles. The van der Waals surface area contributed by atoms with Gasteiger partial charge in [-0.3, -0.25) is 14.3 Å². The van der Waals surface area contributed by atoms with Crippen molar-refractivity contribution in [1.29, 1.82) is 0 Å². The van der Waals surface area contributed by atoms with Crippen LogP contribution in [0, 0.1) is 0 Å². The van der Waals surface area contributed by atoms with Gasteiger partial charge < -0.3 is 14.8 Å². The number of hydrogen-bond donors (Lipinski definition) is 1. The SMILES string of the molecule is COc1ccc(NC(=O)CSc2nnc(-c3cccnc3)n2-c2ccc(Br)cc2)c(OC)c1. The zero-order valence-electron chi connectivity index (χ0n) is 17.9. The Kier molecular flexibility index (Phi) is 7.26. The van der Waals surface area contributed by atoms with Gasteiger partial charge in [0.25, 0.3) is 0 Å². The highest BCUT2D eigenvalue weighted by Crippen LogP contribution is 2.31. The predicted molar refractivity (Wildman–Crippen MR) is 131 cm³/mol. The smallest absolute Gasteiger partial charge is 0.234 e. The van der Waals surface area contributed by atoms with Gasteiger partial charge in [-0.05, 0) is 48.5 Å². The van der Waals surface area contributed by atoms with E-state index in [9.17, 15) is 4.79 Å². The molecule has 1 amide bonds. The minimum atomic E-state index is -0.197. The van der Waals surface area contributed by atoms with E-state index in [0.29, 0.717) is 28.2 Å². The van der Waals surface area contributed by atoms with Crippen molar-refractivity contribution in [2.24, 2.45) is 0 Å². The molecule has 0 radical (unpaired) electrons. The Morgan fingerprint density at radius 2 is 1.91 bits per heavy atom. The van der Waals surface area contributed by atoms with Crippen molar-refractivity contribution in [3.8, 4) is 28.6 Å². The second-order valence-electron chi connectivity index (χ2n) is 6.76. The number of halogens is 1. The number of benzene rings is 2. The molecule has 0 unspecified atom stereocenters. The average Bonchev–Trinajstić information content (AvgIpc) is 3.28. The average molecular weight is 526 g/mol. The molecule has 0 fully saturated rings. The molecule has 0 aliphatic heterocycles. The van der Waals surface area contributed by atoms with Gasteiger partial charge in [-0.2, -0.15) is 0 Å². The van der Waals surface area contributed by atoms with Crippen molar-refractivity contribution in [1.82, 2.24) is 19.7 Å². The van der Waals surface area contributed by atoms with Crippen molar-refractivity contribution < 1.29 is 14.3 Å². The fourth-order valence-corrected chi connectivity index (χ4v) is 4.10. The fourth-order valence-electron chi connectivity index (χ4n) is 3.09. The summed E-state index contributed by atoms with van der Waals surface area (Å²) in [5.74, 6) is 1.74. The largest absolute Gasteiger partial charge is 0.497 e. The first-order valence-corrected chi connectivity index (χ1v) is 11.6. The Hall–Kier alpha value is -3.37. The molecule has 2 heterocycles. The Morgan fingerprint density at radius 1 is 1.09 bits per heavy atom. The van der Waals surface area contributed by atoms with Crippen molar-refractivity contribution >= 4 is 39.3 Å². The number of rotatable bonds is 8. The first-order valence-electron chi connectivity index (χ1n) is 9.85. The molecule has 0 saturated carbocycles. The number of anilines is 1. The van der Waals surface area contributed by atoms with Crippen LogP contribution in [0.4, 0.5) is 5.69 Å². The lowest BCUT2D eigenvalue weighted by molar-refractivity contribution is -0.113. The first kappa shape index (κ1) is 22.8. The number of aromatic nitrogens is 4. The van der Waals surface area contributed by atoms with Gasteiger partial charge in [0.15, 0.2) is 11.0 Å². The van der Waals surface area contributed by atoms with Crippen molar-refractivity contribution in [2.75, 3.05) is 25.3 Å². The van der Waals surface area contributed by atoms with E-state index in [1.54, 1.807) is 44.8 Å². The van der Waals surface area contributed by atoms with Gasteiger partial charge in [-0.25, -0.2) is 0 Å². The summed E-state index contributed by atoms with van der Waals surface area (Å²) in [5, 5.41) is 12.2. The quantitative estimate of drug-likeness (QED) is 0.329. The van der Waals surface area contributed by atoms with Crippen LogP contribution in [0.3, 0.4) is 0 Å². The van der Waals surface area contributed by atoms with E-state index in [0.717, 1.165) is 15.7 Å². The van der Waals surface area contributed by atoms with Gasteiger partial charge >= 0.3 is 0 Å². The van der Waals surface area contributed by atoms with E-state index in [1.807, 2.05) is 41.0 Å². The molecule has 1 N–H and O–H groups in total. The number of thioether (sulfide) groups is 1. The van der Waals surface area contributed by atoms with Crippen molar-refractivity contribution in [3.63, 3.8) is 0 Å². The number of ether oxygens (including phenoxy) is 2. The molecule has 4 aromatic rings. The fraction of sp³-hybridized carbons (Fsp3) is 0.130. The molecule has 10 heteroatoms. The molecule has 0 aliphatic rings. The summed E-state index contributed by atoms with van der Waals surface area (Å²) >= 11 is 4.76. The van der Waals surface area contributed by atoms with Crippen molar-refractivity contribution in [3.05, 3.63) is 71.5 Å². The predicted octanol–water partition coefficient (Wildman–Crippen LogP) is 4.84. The number of pyridine rings is 1. The number of amides is 1. The topological polar surface area (TPSA) is 91.2 Å². The van der Waals surface area contributed by atoms with E-state index >= 15 is 0 Å². The molecule has 0 aliphatic carbocycles. The van der Waals surface area contributed by atoms with Crippen LogP contribution in [-0.2, 0) is 4.79 Å². The molecule has 0 spiro atoms. The van der Waals surface area contributed by atoms with Crippen LogP contribution in [0.1, 0.15) is 0 Å². The second kappa shape index (κ2) is 10.5. The number of nitrogens with zero attached hydrogens (tertiary/aromatic N) is 4. The molecular formula is C23H20BrN5O3S. The molecule has 2 aromatic heterocycles. The lowest BCUT2D eigenvalue weighted by Gasteiger charge is -2.12. The highest BCUT2D eigenvalue weighted by atomic mass is 79.9. The maximum atomic E-state index is 12.7. The van der Waals surface area contributed by atoms with Crippen LogP contribution in [0.5, 0.6) is 11.5 Å². The minimum Gasteiger partial charge on any atom is -0.497 e. The zero-order chi connectivity index (χ0) is 23.2. The van der Waals surface area contributed by atoms with Gasteiger partial charge in [0.05, 0.1) is 25.7 Å². The molecular weight excluding hydrogens is 506 g/mol. The lowest BCUT2D eigenvalue weighted by atomic mass is 10.2. The van der Waals surface area contributed by atoms with Gasteiger partial charge in [0.1, 0.15) is 11.5 Å². The van der Waals surface area contributed by atoms with E-state index in [4.69, 9.17) is 9.47 Å². The van der Waals surface area contributed by atoms with Gasteiger partial charge in [0.2, 0.25) is 5.91 Å². The number of hydrogen-bond acceptors (Lipinski definition) is 7. The monoisotopic (exact) mass is 525 g/mol. The van der Waals surface area contributed by atoms with Crippen LogP contribution >= 0.6 is 27.7 Å². The maximum Gasteiger partial charge on any atom is 0.234 e. The molecule has 0 atom stereocenters. The summed E-state index contributed by atoms with van der Waals surface area (Å²) in [5.41, 5.74) is 2.27. The van der Waals surface area contributed by atoms with E-state index in [1.165, 1.54) is 11.8 Å². The van der Waals surface area contributed by atoms with Crippen LogP contribution in [0.15, 0.2) is 76.6 Å². The third-order valence-corrected chi connectivity index (χ3v) is 6.11. The van der Waals surface area contributed by atoms with Gasteiger partial charge in [0, 0.05) is 34.2 Å². The summed E-state index contributed by atoms with van der Waals surface area (Å²) in [4.78, 5) is 16.9. The number of nitrogens with one attached hydrogen (secondary N) is 1. The van der Waals surface area contributed by atoms with E-state index in [-0.39, 0.29) is 11.7 Å². The maximum absolute atomic E-state index is 12.7. The summed E-state index contributed by atoms with van der Waals surface area (Å²) in [6, 6.07) is 16.8. The Labute approximate surface area is 203 Å². The van der Waals surface area contributed by atoms with Crippen LogP contribution in [0.2, 0.25) is 0 Å². The Morgan fingerprint density at radius 3 is 2.61 bits per heavy atom. The summed E-state index contributed by atoms with van der Waals surface area (Å²) in [6.07, 6.45) is 3.44. The molecule has 168 valence electrons. The summed E-state index contributed by atoms with van der Waals surface area (Å²) in [6.45, 7) is 0. The summed E-state index contributed by atoms with van der Waals surface area (Å²) in [7, 11) is 3.12. The van der Waals surface area contributed by atoms with Crippen LogP contribution < -0.4 is 14.8 Å². The molecule has 0 saturated heterocycles. The van der Waals surface area contributed by atoms with E-state index in [2.05, 4.69) is 36.4 Å². The Bertz CT molecular complexity index is 1250. The van der Waals surface area contributed by atoms with Crippen LogP contribution in [-0.4, -0.2) is 45.6 Å². The molecule has 0 bridgehead atoms. The number of methoxy groups -OCH3 is 2. The normalized spacial score (nSPS) is 10.6. The third-order valence-electron chi connectivity index (χ3n) is 4.65. The molecule has 33 heavy (non-hydrogen) atoms. The summed E-state index contributed by atoms with van der Waals surface area (Å²) < 4.78 is 13.4. The highest BCUT2D eigenvalue weighted by molar-refractivity contribution is 9.10. The first-order chi connectivity index (χ1) is 16.1. The van der Waals surface area contributed by atoms with Crippen LogP contribution in [0.25, 0.3) is 17.1 Å². The number of carbonyl (C=O) groups excluding carboxylic acids is 1. The van der Waals surface area contributed by atoms with E-state index < -0.39 is 0 Å². The minimum absolute atomic E-state index is 0.136. The Balaban J connectivity index is 1.56. The molecule has 8 nitrogen and oxygen atoms in total. The highest BCUT2D eigenvalue weighted by Gasteiger charge is 2.18. The second-order valence-corrected chi connectivity index (χ2v) is 8.62. The molecule has 4 rings (SSSR count). The zero-order valence-corrected chi connectivity index (χ0v) is 20.3. The lowest BCUT2D eigenvalue weighted by Crippen LogP contribution is -2.15. The van der Waals surface area contributed by atoms with Crippen molar-refractivity contribution in [2.45, 2.75) is 5.16 Å². The van der Waals surface area contributed by atoms with Gasteiger partial charge in [-0.15, -0.1) is 10.2 Å². The van der Waals surface area contributed by atoms with Gasteiger partial charge in [-0.1, -0.05) is 27.7 Å². The third kappa shape index (κ3) is 5.35. The standard InChI is InChI=1S/C23H20BrN5O3S/c1-31-18-9-10-19(20(12-18)32-2)26-21(30)14-33-23-28-27-22(15-4-3-11-25-13-15)29(23)17-7-5-16(24)6-8-17/h3-13H,14H2,1-2H3,(H,26,30).